The second-order valence-corrected chi connectivity index (χ2v) is 7.61. The number of carbonyl (C=O) groups excluding carboxylic acids is 2. The molecule has 1 aliphatic rings. The molecule has 0 radical (unpaired) electrons. The van der Waals surface area contributed by atoms with Crippen LogP contribution in [0.2, 0.25) is 0 Å². The van der Waals surface area contributed by atoms with E-state index in [0.29, 0.717) is 6.54 Å². The first kappa shape index (κ1) is 17.8. The third kappa shape index (κ3) is 5.24. The molecule has 0 aliphatic heterocycles. The Morgan fingerprint density at radius 3 is 2.96 bits per heavy atom. The molecule has 0 saturated carbocycles. The van der Waals surface area contributed by atoms with Crippen molar-refractivity contribution in [2.75, 3.05) is 13.2 Å². The summed E-state index contributed by atoms with van der Waals surface area (Å²) in [7, 11) is 0. The van der Waals surface area contributed by atoms with Gasteiger partial charge in [-0.15, -0.1) is 22.7 Å². The van der Waals surface area contributed by atoms with Gasteiger partial charge >= 0.3 is 5.97 Å². The van der Waals surface area contributed by atoms with E-state index < -0.39 is 5.97 Å². The van der Waals surface area contributed by atoms with E-state index in [1.54, 1.807) is 16.7 Å². The summed E-state index contributed by atoms with van der Waals surface area (Å²) in [5.74, 6) is -0.845. The maximum Gasteiger partial charge on any atom is 0.358 e. The van der Waals surface area contributed by atoms with E-state index in [4.69, 9.17) is 4.74 Å². The van der Waals surface area contributed by atoms with Gasteiger partial charge < -0.3 is 10.1 Å². The standard InChI is InChI=1S/C18H20N2O3S2/c21-16(19-9-8-13-5-2-1-3-6-13)11-23-18(22)14-12-25-17(20-14)15-7-4-10-24-15/h4-5,7,10,12H,1-3,6,8-9,11H2,(H,19,21). The molecule has 1 N–H and O–H groups in total. The van der Waals surface area contributed by atoms with Gasteiger partial charge in [-0.2, -0.15) is 0 Å². The topological polar surface area (TPSA) is 68.3 Å². The van der Waals surface area contributed by atoms with Crippen LogP contribution in [0.4, 0.5) is 0 Å². The van der Waals surface area contributed by atoms with E-state index in [1.807, 2.05) is 17.5 Å². The Kier molecular flexibility index (Phi) is 6.36. The zero-order chi connectivity index (χ0) is 17.5. The Labute approximate surface area is 154 Å². The summed E-state index contributed by atoms with van der Waals surface area (Å²) in [6.07, 6.45) is 7.90. The molecule has 2 aromatic heterocycles. The fraction of sp³-hybridized carbons (Fsp3) is 0.389. The van der Waals surface area contributed by atoms with Crippen molar-refractivity contribution in [3.63, 3.8) is 0 Å². The molecule has 7 heteroatoms. The predicted octanol–water partition coefficient (Wildman–Crippen LogP) is 4.04. The van der Waals surface area contributed by atoms with Gasteiger partial charge in [-0.1, -0.05) is 17.7 Å². The molecule has 1 aliphatic carbocycles. The van der Waals surface area contributed by atoms with Crippen LogP contribution in [0, 0.1) is 0 Å². The molecule has 0 bridgehead atoms. The smallest absolute Gasteiger partial charge is 0.358 e. The van der Waals surface area contributed by atoms with E-state index in [9.17, 15) is 9.59 Å². The van der Waals surface area contributed by atoms with Crippen LogP contribution in [-0.2, 0) is 9.53 Å². The number of hydrogen-bond acceptors (Lipinski definition) is 6. The van der Waals surface area contributed by atoms with Crippen LogP contribution in [0.3, 0.4) is 0 Å². The quantitative estimate of drug-likeness (QED) is 0.585. The third-order valence-electron chi connectivity index (χ3n) is 3.93. The molecule has 0 aromatic carbocycles. The number of ether oxygens (including phenoxy) is 1. The number of amides is 1. The number of thiophene rings is 1. The lowest BCUT2D eigenvalue weighted by atomic mass is 9.97. The molecule has 0 unspecified atom stereocenters. The summed E-state index contributed by atoms with van der Waals surface area (Å²) in [6.45, 7) is 0.311. The Bertz CT molecular complexity index is 750. The summed E-state index contributed by atoms with van der Waals surface area (Å²) in [4.78, 5) is 29.1. The van der Waals surface area contributed by atoms with Crippen LogP contribution in [0.25, 0.3) is 9.88 Å². The highest BCUT2D eigenvalue weighted by atomic mass is 32.1. The molecular weight excluding hydrogens is 356 g/mol. The molecular formula is C18H20N2O3S2. The van der Waals surface area contributed by atoms with Gasteiger partial charge in [0, 0.05) is 11.9 Å². The second-order valence-electron chi connectivity index (χ2n) is 5.80. The van der Waals surface area contributed by atoms with Crippen LogP contribution in [0.1, 0.15) is 42.6 Å². The Morgan fingerprint density at radius 2 is 2.20 bits per heavy atom. The number of rotatable bonds is 7. The third-order valence-corrected chi connectivity index (χ3v) is 5.81. The Morgan fingerprint density at radius 1 is 1.28 bits per heavy atom. The summed E-state index contributed by atoms with van der Waals surface area (Å²) in [6, 6.07) is 3.89. The summed E-state index contributed by atoms with van der Waals surface area (Å²) in [5, 5.41) is 7.19. The van der Waals surface area contributed by atoms with Gasteiger partial charge in [0.15, 0.2) is 12.3 Å². The highest BCUT2D eigenvalue weighted by Crippen LogP contribution is 2.27. The lowest BCUT2D eigenvalue weighted by molar-refractivity contribution is -0.124. The highest BCUT2D eigenvalue weighted by molar-refractivity contribution is 7.20. The molecule has 1 amide bonds. The van der Waals surface area contributed by atoms with E-state index in [1.165, 1.54) is 29.8 Å². The SMILES string of the molecule is O=C(COC(=O)c1csc(-c2cccs2)n1)NCCC1=CCCCC1. The minimum Gasteiger partial charge on any atom is -0.451 e. The van der Waals surface area contributed by atoms with Crippen LogP contribution in [0.15, 0.2) is 34.5 Å². The Balaban J connectivity index is 1.39. The van der Waals surface area contributed by atoms with Crippen molar-refractivity contribution in [2.45, 2.75) is 32.1 Å². The van der Waals surface area contributed by atoms with Gasteiger partial charge in [0.25, 0.3) is 5.91 Å². The van der Waals surface area contributed by atoms with Crippen molar-refractivity contribution in [2.24, 2.45) is 0 Å². The van der Waals surface area contributed by atoms with E-state index in [-0.39, 0.29) is 18.2 Å². The number of allylic oxidation sites excluding steroid dienone is 1. The molecule has 25 heavy (non-hydrogen) atoms. The number of thiazole rings is 1. The molecule has 5 nitrogen and oxygen atoms in total. The first-order valence-corrected chi connectivity index (χ1v) is 10.1. The molecule has 3 rings (SSSR count). The first-order chi connectivity index (χ1) is 12.2. The summed E-state index contributed by atoms with van der Waals surface area (Å²) in [5.41, 5.74) is 1.65. The molecule has 0 fully saturated rings. The molecule has 0 spiro atoms. The normalized spacial score (nSPS) is 14.0. The Hall–Kier alpha value is -1.99. The maximum atomic E-state index is 12.0. The minimum absolute atomic E-state index is 0.244. The fourth-order valence-corrected chi connectivity index (χ4v) is 4.23. The lowest BCUT2D eigenvalue weighted by Crippen LogP contribution is -2.30. The molecule has 2 heterocycles. The van der Waals surface area contributed by atoms with Crippen molar-refractivity contribution in [1.29, 1.82) is 0 Å². The molecule has 2 aromatic rings. The van der Waals surface area contributed by atoms with Gasteiger partial charge in [0.05, 0.1) is 4.88 Å². The van der Waals surface area contributed by atoms with Crippen LogP contribution < -0.4 is 5.32 Å². The molecule has 132 valence electrons. The van der Waals surface area contributed by atoms with Gasteiger partial charge in [-0.05, 0) is 43.6 Å². The zero-order valence-electron chi connectivity index (χ0n) is 13.8. The van der Waals surface area contributed by atoms with Crippen molar-refractivity contribution in [3.05, 3.63) is 40.2 Å². The number of nitrogens with one attached hydrogen (secondary N) is 1. The zero-order valence-corrected chi connectivity index (χ0v) is 15.5. The van der Waals surface area contributed by atoms with E-state index in [2.05, 4.69) is 16.4 Å². The van der Waals surface area contributed by atoms with Crippen LogP contribution in [0.5, 0.6) is 0 Å². The summed E-state index contributed by atoms with van der Waals surface area (Å²) >= 11 is 2.96. The minimum atomic E-state index is -0.566. The van der Waals surface area contributed by atoms with Crippen molar-refractivity contribution < 1.29 is 14.3 Å². The summed E-state index contributed by atoms with van der Waals surface area (Å²) < 4.78 is 5.05. The average molecular weight is 377 g/mol. The first-order valence-electron chi connectivity index (χ1n) is 8.33. The van der Waals surface area contributed by atoms with E-state index in [0.717, 1.165) is 29.1 Å². The van der Waals surface area contributed by atoms with Gasteiger partial charge in [0.1, 0.15) is 5.01 Å². The number of esters is 1. The lowest BCUT2D eigenvalue weighted by Gasteiger charge is -2.12. The van der Waals surface area contributed by atoms with Crippen LogP contribution >= 0.6 is 22.7 Å². The second kappa shape index (κ2) is 8.92. The van der Waals surface area contributed by atoms with Gasteiger partial charge in [0.2, 0.25) is 0 Å². The monoisotopic (exact) mass is 376 g/mol. The number of hydrogen-bond donors (Lipinski definition) is 1. The number of carbonyl (C=O) groups is 2. The largest absolute Gasteiger partial charge is 0.451 e. The van der Waals surface area contributed by atoms with Crippen molar-refractivity contribution in [1.82, 2.24) is 10.3 Å². The molecule has 0 atom stereocenters. The maximum absolute atomic E-state index is 12.0. The number of aromatic nitrogens is 1. The van der Waals surface area contributed by atoms with Gasteiger partial charge in [-0.3, -0.25) is 4.79 Å². The molecule has 0 saturated heterocycles. The van der Waals surface area contributed by atoms with Gasteiger partial charge in [-0.25, -0.2) is 9.78 Å². The average Bonchev–Trinajstić information content (AvgIpc) is 3.32. The van der Waals surface area contributed by atoms with E-state index >= 15 is 0 Å². The van der Waals surface area contributed by atoms with Crippen molar-refractivity contribution in [3.8, 4) is 9.88 Å². The number of nitrogens with zero attached hydrogens (tertiary/aromatic N) is 1. The highest BCUT2D eigenvalue weighted by Gasteiger charge is 2.15. The fourth-order valence-electron chi connectivity index (χ4n) is 2.63. The van der Waals surface area contributed by atoms with Crippen molar-refractivity contribution >= 4 is 34.6 Å². The van der Waals surface area contributed by atoms with Crippen LogP contribution in [-0.4, -0.2) is 30.0 Å². The predicted molar refractivity (Wildman–Crippen MR) is 99.9 cm³/mol.